The van der Waals surface area contributed by atoms with Crippen molar-refractivity contribution in [3.05, 3.63) is 69.5 Å². The van der Waals surface area contributed by atoms with Crippen LogP contribution < -0.4 is 5.32 Å². The van der Waals surface area contributed by atoms with Crippen molar-refractivity contribution >= 4 is 45.8 Å². The summed E-state index contributed by atoms with van der Waals surface area (Å²) >= 11 is 14.2. The zero-order valence-corrected chi connectivity index (χ0v) is 15.9. The summed E-state index contributed by atoms with van der Waals surface area (Å²) in [7, 11) is 0. The fourth-order valence-electron chi connectivity index (χ4n) is 2.28. The lowest BCUT2D eigenvalue weighted by molar-refractivity contribution is 0.166. The third-order valence-electron chi connectivity index (χ3n) is 3.55. The average molecular weight is 468 g/mol. The quantitative estimate of drug-likeness (QED) is 0.452. The zero-order valence-electron chi connectivity index (χ0n) is 12.3. The number of nitrogens with one attached hydrogen (secondary N) is 1. The van der Waals surface area contributed by atoms with Crippen molar-refractivity contribution < 1.29 is 9.50 Å². The van der Waals surface area contributed by atoms with Gasteiger partial charge in [0.05, 0.1) is 11.1 Å². The van der Waals surface area contributed by atoms with Crippen molar-refractivity contribution in [2.45, 2.75) is 18.6 Å². The van der Waals surface area contributed by atoms with E-state index in [2.05, 4.69) is 27.9 Å². The Hall–Kier alpha value is -0.400. The predicted octanol–water partition coefficient (Wildman–Crippen LogP) is 4.80. The van der Waals surface area contributed by atoms with Crippen LogP contribution in [0.2, 0.25) is 10.0 Å². The molecule has 0 aliphatic heterocycles. The summed E-state index contributed by atoms with van der Waals surface area (Å²) in [6.07, 6.45) is -0.210. The van der Waals surface area contributed by atoms with E-state index in [9.17, 15) is 9.50 Å². The summed E-state index contributed by atoms with van der Waals surface area (Å²) in [6, 6.07) is 12.4. The maximum atomic E-state index is 13.9. The molecule has 6 heteroatoms. The Bertz CT molecular complexity index is 656. The predicted molar refractivity (Wildman–Crippen MR) is 102 cm³/mol. The lowest BCUT2D eigenvalue weighted by atomic mass is 10.1. The van der Waals surface area contributed by atoms with Gasteiger partial charge in [0.25, 0.3) is 0 Å². The maximum absolute atomic E-state index is 13.9. The van der Waals surface area contributed by atoms with Gasteiger partial charge in [-0.1, -0.05) is 76.1 Å². The SMILES string of the molecule is O[C@@H](CNC(CI)Cc1ccccc1Cl)c1cccc(Cl)c1F. The van der Waals surface area contributed by atoms with Crippen molar-refractivity contribution in [2.24, 2.45) is 0 Å². The molecule has 0 aliphatic carbocycles. The maximum Gasteiger partial charge on any atom is 0.147 e. The van der Waals surface area contributed by atoms with Gasteiger partial charge in [0.15, 0.2) is 0 Å². The molecule has 2 rings (SSSR count). The van der Waals surface area contributed by atoms with E-state index >= 15 is 0 Å². The van der Waals surface area contributed by atoms with Gasteiger partial charge in [-0.25, -0.2) is 4.39 Å². The standard InChI is InChI=1S/C17H17Cl2FINO/c18-14-6-2-1-4-11(14)8-12(9-21)22-10-16(23)13-5-3-7-15(19)17(13)20/h1-7,12,16,22-23H,8-10H2/t12?,16-/m0/s1. The van der Waals surface area contributed by atoms with Crippen LogP contribution in [-0.2, 0) is 6.42 Å². The number of rotatable bonds is 7. The number of benzene rings is 2. The minimum Gasteiger partial charge on any atom is -0.387 e. The molecule has 0 aromatic heterocycles. The molecule has 0 fully saturated rings. The van der Waals surface area contributed by atoms with E-state index in [1.807, 2.05) is 24.3 Å². The molecule has 0 amide bonds. The molecule has 124 valence electrons. The van der Waals surface area contributed by atoms with Gasteiger partial charge in [-0.2, -0.15) is 0 Å². The highest BCUT2D eigenvalue weighted by atomic mass is 127. The Morgan fingerprint density at radius 3 is 2.48 bits per heavy atom. The first-order chi connectivity index (χ1) is 11.0. The first-order valence-corrected chi connectivity index (χ1v) is 9.45. The molecular formula is C17H17Cl2FINO. The fourth-order valence-corrected chi connectivity index (χ4v) is 3.29. The number of alkyl halides is 1. The van der Waals surface area contributed by atoms with Gasteiger partial charge in [-0.3, -0.25) is 0 Å². The van der Waals surface area contributed by atoms with E-state index in [-0.39, 0.29) is 23.2 Å². The van der Waals surface area contributed by atoms with Crippen LogP contribution >= 0.6 is 45.8 Å². The number of hydrogen-bond acceptors (Lipinski definition) is 2. The minimum absolute atomic E-state index is 0.0167. The first-order valence-electron chi connectivity index (χ1n) is 7.17. The molecule has 2 nitrogen and oxygen atoms in total. The van der Waals surface area contributed by atoms with Crippen molar-refractivity contribution in [1.29, 1.82) is 0 Å². The lowest BCUT2D eigenvalue weighted by Gasteiger charge is -2.20. The molecule has 0 spiro atoms. The van der Waals surface area contributed by atoms with E-state index in [4.69, 9.17) is 23.2 Å². The number of aliphatic hydroxyl groups excluding tert-OH is 1. The minimum atomic E-state index is -0.953. The summed E-state index contributed by atoms with van der Waals surface area (Å²) < 4.78 is 14.8. The van der Waals surface area contributed by atoms with E-state index < -0.39 is 11.9 Å². The van der Waals surface area contributed by atoms with Gasteiger partial charge in [-0.15, -0.1) is 0 Å². The molecule has 0 saturated heterocycles. The second-order valence-electron chi connectivity index (χ2n) is 5.21. The van der Waals surface area contributed by atoms with Crippen molar-refractivity contribution in [3.63, 3.8) is 0 Å². The Morgan fingerprint density at radius 2 is 1.78 bits per heavy atom. The van der Waals surface area contributed by atoms with Gasteiger partial charge in [-0.05, 0) is 24.1 Å². The highest BCUT2D eigenvalue weighted by Gasteiger charge is 2.17. The van der Waals surface area contributed by atoms with E-state index in [1.54, 1.807) is 12.1 Å². The van der Waals surface area contributed by atoms with E-state index in [0.717, 1.165) is 21.4 Å². The first kappa shape index (κ1) is 18.9. The van der Waals surface area contributed by atoms with Gasteiger partial charge in [0.1, 0.15) is 5.82 Å². The Labute approximate surface area is 159 Å². The van der Waals surface area contributed by atoms with Gasteiger partial charge >= 0.3 is 0 Å². The summed E-state index contributed by atoms with van der Waals surface area (Å²) in [4.78, 5) is 0. The second kappa shape index (κ2) is 9.18. The Balaban J connectivity index is 1.97. The van der Waals surface area contributed by atoms with Crippen LogP contribution in [0, 0.1) is 5.82 Å². The Morgan fingerprint density at radius 1 is 1.09 bits per heavy atom. The third kappa shape index (κ3) is 5.29. The van der Waals surface area contributed by atoms with Crippen LogP contribution in [0.3, 0.4) is 0 Å². The van der Waals surface area contributed by atoms with Gasteiger partial charge in [0.2, 0.25) is 0 Å². The molecule has 0 saturated carbocycles. The largest absolute Gasteiger partial charge is 0.387 e. The van der Waals surface area contributed by atoms with Gasteiger partial charge < -0.3 is 10.4 Å². The highest BCUT2D eigenvalue weighted by molar-refractivity contribution is 14.1. The summed E-state index contributed by atoms with van der Waals surface area (Å²) in [5.74, 6) is -0.569. The van der Waals surface area contributed by atoms with Crippen LogP contribution in [-0.4, -0.2) is 22.1 Å². The second-order valence-corrected chi connectivity index (χ2v) is 6.91. The van der Waals surface area contributed by atoms with E-state index in [0.29, 0.717) is 0 Å². The average Bonchev–Trinajstić information content (AvgIpc) is 2.55. The van der Waals surface area contributed by atoms with Crippen molar-refractivity contribution in [2.75, 3.05) is 11.0 Å². The summed E-state index contributed by atoms with van der Waals surface area (Å²) in [5, 5.41) is 14.2. The van der Waals surface area contributed by atoms with Crippen LogP contribution in [0.5, 0.6) is 0 Å². The van der Waals surface area contributed by atoms with Crippen molar-refractivity contribution in [1.82, 2.24) is 5.32 Å². The molecular weight excluding hydrogens is 451 g/mol. The normalized spacial score (nSPS) is 13.8. The Kier molecular flexibility index (Phi) is 7.56. The molecule has 0 radical (unpaired) electrons. The van der Waals surface area contributed by atoms with Crippen LogP contribution in [0.4, 0.5) is 4.39 Å². The molecule has 0 bridgehead atoms. The molecule has 2 atom stereocenters. The van der Waals surface area contributed by atoms with Gasteiger partial charge in [0, 0.05) is 27.6 Å². The molecule has 0 aliphatic rings. The lowest BCUT2D eigenvalue weighted by Crippen LogP contribution is -2.36. The highest BCUT2D eigenvalue weighted by Crippen LogP contribution is 2.23. The molecule has 2 N–H and O–H groups in total. The number of hydrogen-bond donors (Lipinski definition) is 2. The number of halogens is 4. The third-order valence-corrected chi connectivity index (χ3v) is 5.27. The summed E-state index contributed by atoms with van der Waals surface area (Å²) in [6.45, 7) is 0.245. The number of aliphatic hydroxyl groups is 1. The summed E-state index contributed by atoms with van der Waals surface area (Å²) in [5.41, 5.74) is 1.25. The molecule has 2 aromatic carbocycles. The fraction of sp³-hybridized carbons (Fsp3) is 0.294. The topological polar surface area (TPSA) is 32.3 Å². The molecule has 23 heavy (non-hydrogen) atoms. The molecule has 0 heterocycles. The smallest absolute Gasteiger partial charge is 0.147 e. The molecule has 1 unspecified atom stereocenters. The molecule has 2 aromatic rings. The monoisotopic (exact) mass is 467 g/mol. The van der Waals surface area contributed by atoms with E-state index in [1.165, 1.54) is 6.07 Å². The van der Waals surface area contributed by atoms with Crippen LogP contribution in [0.15, 0.2) is 42.5 Å². The van der Waals surface area contributed by atoms with Crippen LogP contribution in [0.25, 0.3) is 0 Å². The van der Waals surface area contributed by atoms with Crippen LogP contribution in [0.1, 0.15) is 17.2 Å². The zero-order chi connectivity index (χ0) is 16.8. The van der Waals surface area contributed by atoms with Crippen molar-refractivity contribution in [3.8, 4) is 0 Å².